The van der Waals surface area contributed by atoms with Gasteiger partial charge in [0.1, 0.15) is 11.3 Å². The van der Waals surface area contributed by atoms with Gasteiger partial charge in [-0.05, 0) is 25.1 Å². The van der Waals surface area contributed by atoms with Crippen molar-refractivity contribution < 1.29 is 13.9 Å². The second kappa shape index (κ2) is 7.50. The molecule has 0 saturated heterocycles. The number of carbonyl (C=O) groups excluding carboxylic acids is 1. The summed E-state index contributed by atoms with van der Waals surface area (Å²) in [6.07, 6.45) is 1.48. The molecule has 0 aliphatic heterocycles. The molecule has 1 aromatic carbocycles. The fourth-order valence-electron chi connectivity index (χ4n) is 1.95. The van der Waals surface area contributed by atoms with Crippen molar-refractivity contribution >= 4 is 39.9 Å². The number of aromatic nitrogens is 2. The van der Waals surface area contributed by atoms with Gasteiger partial charge in [-0.3, -0.25) is 0 Å². The minimum atomic E-state index is -0.404. The van der Waals surface area contributed by atoms with Gasteiger partial charge in [-0.1, -0.05) is 40.8 Å². The normalized spacial score (nSPS) is 10.6. The molecule has 0 spiro atoms. The summed E-state index contributed by atoms with van der Waals surface area (Å²) in [5, 5.41) is 12.2. The average Bonchev–Trinajstić information content (AvgIpc) is 3.23. The van der Waals surface area contributed by atoms with Crippen molar-refractivity contribution in [1.82, 2.24) is 10.2 Å². The molecule has 0 fully saturated rings. The summed E-state index contributed by atoms with van der Waals surface area (Å²) in [5.41, 5.74) is 2.61. The Bertz CT molecular complexity index is 827. The number of esters is 1. The molecule has 6 nitrogen and oxygen atoms in total. The summed E-state index contributed by atoms with van der Waals surface area (Å²) in [4.78, 5) is 11.6. The molecule has 3 aromatic rings. The second-order valence-electron chi connectivity index (χ2n) is 4.90. The molecule has 124 valence electrons. The Balaban J connectivity index is 1.61. The molecule has 3 rings (SSSR count). The number of furan rings is 1. The predicted molar refractivity (Wildman–Crippen MR) is 94.0 cm³/mol. The van der Waals surface area contributed by atoms with E-state index in [1.807, 2.05) is 31.2 Å². The van der Waals surface area contributed by atoms with Gasteiger partial charge < -0.3 is 14.5 Å². The van der Waals surface area contributed by atoms with Crippen LogP contribution in [0.1, 0.15) is 21.7 Å². The molecule has 2 aromatic heterocycles. The van der Waals surface area contributed by atoms with Crippen LogP contribution in [0, 0.1) is 6.92 Å². The van der Waals surface area contributed by atoms with E-state index in [0.717, 1.165) is 10.0 Å². The first-order valence-corrected chi connectivity index (χ1v) is 8.90. The van der Waals surface area contributed by atoms with Crippen molar-refractivity contribution in [3.8, 4) is 0 Å². The molecule has 1 N–H and O–H groups in total. The number of benzene rings is 1. The molecule has 24 heavy (non-hydrogen) atoms. The zero-order chi connectivity index (χ0) is 16.9. The van der Waals surface area contributed by atoms with Crippen LogP contribution >= 0.6 is 23.1 Å². The molecule has 0 aliphatic carbocycles. The quantitative estimate of drug-likeness (QED) is 0.519. The zero-order valence-corrected chi connectivity index (χ0v) is 14.7. The standard InChI is InChI=1S/C16H15N3O3S2/c1-10-3-5-11(6-4-10)17-15-18-19-16(24-15)23-9-13-12(7-8-22-13)14(20)21-2/h3-8H,9H2,1-2H3,(H,17,18). The molecule has 2 heterocycles. The number of hydrogen-bond acceptors (Lipinski definition) is 8. The summed E-state index contributed by atoms with van der Waals surface area (Å²) >= 11 is 2.90. The minimum absolute atomic E-state index is 0.404. The predicted octanol–water partition coefficient (Wildman–Crippen LogP) is 4.26. The molecule has 0 aliphatic rings. The van der Waals surface area contributed by atoms with Gasteiger partial charge in [0.05, 0.1) is 19.1 Å². The Morgan fingerprint density at radius 2 is 2.08 bits per heavy atom. The molecule has 0 amide bonds. The number of anilines is 2. The van der Waals surface area contributed by atoms with E-state index in [0.29, 0.717) is 22.2 Å². The number of nitrogens with zero attached hydrogens (tertiary/aromatic N) is 2. The van der Waals surface area contributed by atoms with Crippen LogP contribution in [0.25, 0.3) is 0 Å². The van der Waals surface area contributed by atoms with Gasteiger partial charge >= 0.3 is 5.97 Å². The Morgan fingerprint density at radius 3 is 2.83 bits per heavy atom. The van der Waals surface area contributed by atoms with E-state index < -0.39 is 5.97 Å². The summed E-state index contributed by atoms with van der Waals surface area (Å²) in [7, 11) is 1.35. The number of ether oxygens (including phenoxy) is 1. The van der Waals surface area contributed by atoms with Crippen LogP contribution in [-0.4, -0.2) is 23.3 Å². The van der Waals surface area contributed by atoms with Crippen molar-refractivity contribution in [2.45, 2.75) is 17.0 Å². The SMILES string of the molecule is COC(=O)c1ccoc1CSc1nnc(Nc2ccc(C)cc2)s1. The Hall–Kier alpha value is -2.32. The topological polar surface area (TPSA) is 77.2 Å². The lowest BCUT2D eigenvalue weighted by Crippen LogP contribution is -2.02. The molecule has 0 unspecified atom stereocenters. The Labute approximate surface area is 147 Å². The highest BCUT2D eigenvalue weighted by molar-refractivity contribution is 8.00. The maximum atomic E-state index is 11.6. The fourth-order valence-corrected chi connectivity index (χ4v) is 3.67. The van der Waals surface area contributed by atoms with Crippen LogP contribution in [0.15, 0.2) is 45.4 Å². The van der Waals surface area contributed by atoms with E-state index in [-0.39, 0.29) is 0 Å². The number of nitrogens with one attached hydrogen (secondary N) is 1. The largest absolute Gasteiger partial charge is 0.468 e. The lowest BCUT2D eigenvalue weighted by molar-refractivity contribution is 0.0598. The Morgan fingerprint density at radius 1 is 1.29 bits per heavy atom. The first-order chi connectivity index (χ1) is 11.7. The number of aryl methyl sites for hydroxylation is 1. The lowest BCUT2D eigenvalue weighted by Gasteiger charge is -2.01. The summed E-state index contributed by atoms with van der Waals surface area (Å²) in [6, 6.07) is 9.66. The summed E-state index contributed by atoms with van der Waals surface area (Å²) < 4.78 is 10.9. The van der Waals surface area contributed by atoms with Crippen molar-refractivity contribution in [3.05, 3.63) is 53.5 Å². The minimum Gasteiger partial charge on any atom is -0.468 e. The Kier molecular flexibility index (Phi) is 5.17. The lowest BCUT2D eigenvalue weighted by atomic mass is 10.2. The first-order valence-electron chi connectivity index (χ1n) is 7.10. The number of hydrogen-bond donors (Lipinski definition) is 1. The van der Waals surface area contributed by atoms with Crippen molar-refractivity contribution in [2.24, 2.45) is 0 Å². The highest BCUT2D eigenvalue weighted by atomic mass is 32.2. The van der Waals surface area contributed by atoms with Gasteiger partial charge in [-0.2, -0.15) is 0 Å². The number of rotatable bonds is 6. The monoisotopic (exact) mass is 361 g/mol. The number of carbonyl (C=O) groups is 1. The molecule has 8 heteroatoms. The number of methoxy groups -OCH3 is 1. The zero-order valence-electron chi connectivity index (χ0n) is 13.1. The van der Waals surface area contributed by atoms with Gasteiger partial charge in [0, 0.05) is 5.69 Å². The van der Waals surface area contributed by atoms with Gasteiger partial charge in [0.2, 0.25) is 5.13 Å². The van der Waals surface area contributed by atoms with E-state index in [1.54, 1.807) is 6.07 Å². The van der Waals surface area contributed by atoms with Crippen LogP contribution < -0.4 is 5.32 Å². The summed E-state index contributed by atoms with van der Waals surface area (Å²) in [5.74, 6) is 0.643. The van der Waals surface area contributed by atoms with Gasteiger partial charge in [0.25, 0.3) is 0 Å². The van der Waals surface area contributed by atoms with E-state index >= 15 is 0 Å². The average molecular weight is 361 g/mol. The smallest absolute Gasteiger partial charge is 0.341 e. The first kappa shape index (κ1) is 16.5. The summed E-state index contributed by atoms with van der Waals surface area (Å²) in [6.45, 7) is 2.04. The van der Waals surface area contributed by atoms with Crippen molar-refractivity contribution in [1.29, 1.82) is 0 Å². The molecule has 0 radical (unpaired) electrons. The molecular weight excluding hydrogens is 346 g/mol. The van der Waals surface area contributed by atoms with E-state index in [2.05, 4.69) is 15.5 Å². The maximum Gasteiger partial charge on any atom is 0.341 e. The van der Waals surface area contributed by atoms with Crippen LogP contribution in [0.5, 0.6) is 0 Å². The molecule has 0 bridgehead atoms. The molecule has 0 atom stereocenters. The fraction of sp³-hybridized carbons (Fsp3) is 0.188. The third-order valence-electron chi connectivity index (χ3n) is 3.19. The van der Waals surface area contributed by atoms with Crippen LogP contribution in [0.4, 0.5) is 10.8 Å². The third kappa shape index (κ3) is 3.95. The highest BCUT2D eigenvalue weighted by Crippen LogP contribution is 2.31. The van der Waals surface area contributed by atoms with Crippen LogP contribution in [0.2, 0.25) is 0 Å². The van der Waals surface area contributed by atoms with E-state index in [9.17, 15) is 4.79 Å². The van der Waals surface area contributed by atoms with E-state index in [1.165, 1.54) is 42.0 Å². The van der Waals surface area contributed by atoms with Gasteiger partial charge in [-0.25, -0.2) is 4.79 Å². The maximum absolute atomic E-state index is 11.6. The van der Waals surface area contributed by atoms with Crippen LogP contribution in [0.3, 0.4) is 0 Å². The molecular formula is C16H15N3O3S2. The van der Waals surface area contributed by atoms with Crippen molar-refractivity contribution in [3.63, 3.8) is 0 Å². The van der Waals surface area contributed by atoms with Crippen LogP contribution in [-0.2, 0) is 10.5 Å². The highest BCUT2D eigenvalue weighted by Gasteiger charge is 2.16. The van der Waals surface area contributed by atoms with Gasteiger partial charge in [0.15, 0.2) is 4.34 Å². The second-order valence-corrected chi connectivity index (χ2v) is 7.10. The number of thioether (sulfide) groups is 1. The van der Waals surface area contributed by atoms with Crippen molar-refractivity contribution in [2.75, 3.05) is 12.4 Å². The van der Waals surface area contributed by atoms with Gasteiger partial charge in [-0.15, -0.1) is 10.2 Å². The van der Waals surface area contributed by atoms with E-state index in [4.69, 9.17) is 9.15 Å². The molecule has 0 saturated carbocycles. The third-order valence-corrected chi connectivity index (χ3v) is 5.16.